The highest BCUT2D eigenvalue weighted by atomic mass is 16.4. The van der Waals surface area contributed by atoms with Crippen LogP contribution in [0.5, 0.6) is 0 Å². The highest BCUT2D eigenvalue weighted by Crippen LogP contribution is 1.99. The summed E-state index contributed by atoms with van der Waals surface area (Å²) in [6.07, 6.45) is 2.37. The molecule has 1 heterocycles. The number of rotatable bonds is 6. The first-order valence-corrected chi connectivity index (χ1v) is 5.21. The van der Waals surface area contributed by atoms with Crippen molar-refractivity contribution in [2.45, 2.75) is 18.9 Å². The average molecular weight is 268 g/mol. The molecule has 0 radical (unpaired) electrons. The molecule has 10 nitrogen and oxygen atoms in total. The lowest BCUT2D eigenvalue weighted by Gasteiger charge is -2.13. The number of carbonyl (C=O) groups excluding carboxylic acids is 2. The van der Waals surface area contributed by atoms with Crippen LogP contribution >= 0.6 is 0 Å². The van der Waals surface area contributed by atoms with Crippen molar-refractivity contribution in [2.24, 2.45) is 5.73 Å². The van der Waals surface area contributed by atoms with Gasteiger partial charge in [-0.3, -0.25) is 10.1 Å². The fraction of sp³-hybridized carbons (Fsp3) is 0.333. The SMILES string of the molecule is NC(=O)CCC(NC(=O)Nc1nccnn1)C(=O)O. The summed E-state index contributed by atoms with van der Waals surface area (Å²) in [4.78, 5) is 36.6. The Morgan fingerprint density at radius 2 is 2.11 bits per heavy atom. The van der Waals surface area contributed by atoms with E-state index in [1.165, 1.54) is 12.4 Å². The number of hydrogen-bond donors (Lipinski definition) is 4. The predicted octanol–water partition coefficient (Wildman–Crippen LogP) is -1.29. The van der Waals surface area contributed by atoms with Crippen molar-refractivity contribution in [1.29, 1.82) is 0 Å². The van der Waals surface area contributed by atoms with E-state index in [1.54, 1.807) is 0 Å². The van der Waals surface area contributed by atoms with E-state index in [0.29, 0.717) is 0 Å². The molecule has 0 fully saturated rings. The van der Waals surface area contributed by atoms with Gasteiger partial charge in [-0.2, -0.15) is 5.10 Å². The van der Waals surface area contributed by atoms with Crippen LogP contribution in [-0.4, -0.2) is 44.2 Å². The third-order valence-electron chi connectivity index (χ3n) is 1.99. The second-order valence-electron chi connectivity index (χ2n) is 3.46. The molecule has 102 valence electrons. The second kappa shape index (κ2) is 6.83. The first kappa shape index (κ1) is 14.3. The maximum absolute atomic E-state index is 11.5. The molecule has 0 saturated carbocycles. The molecule has 0 aliphatic carbocycles. The van der Waals surface area contributed by atoms with Gasteiger partial charge in [0.2, 0.25) is 5.91 Å². The number of nitrogens with zero attached hydrogens (tertiary/aromatic N) is 3. The van der Waals surface area contributed by atoms with Gasteiger partial charge in [0.05, 0.1) is 12.4 Å². The third-order valence-corrected chi connectivity index (χ3v) is 1.99. The minimum Gasteiger partial charge on any atom is -0.480 e. The van der Waals surface area contributed by atoms with Gasteiger partial charge in [0.15, 0.2) is 0 Å². The zero-order chi connectivity index (χ0) is 14.3. The summed E-state index contributed by atoms with van der Waals surface area (Å²) in [6.45, 7) is 0. The van der Waals surface area contributed by atoms with Gasteiger partial charge in [-0.1, -0.05) is 0 Å². The molecule has 0 aromatic carbocycles. The topological polar surface area (TPSA) is 160 Å². The lowest BCUT2D eigenvalue weighted by Crippen LogP contribution is -2.43. The summed E-state index contributed by atoms with van der Waals surface area (Å²) < 4.78 is 0. The van der Waals surface area contributed by atoms with Crippen LogP contribution in [0.1, 0.15) is 12.8 Å². The molecule has 5 N–H and O–H groups in total. The number of aliphatic carboxylic acids is 1. The van der Waals surface area contributed by atoms with Crippen molar-refractivity contribution < 1.29 is 19.5 Å². The number of nitrogens with one attached hydrogen (secondary N) is 2. The van der Waals surface area contributed by atoms with Crippen LogP contribution < -0.4 is 16.4 Å². The van der Waals surface area contributed by atoms with Gasteiger partial charge in [0.25, 0.3) is 5.95 Å². The Morgan fingerprint density at radius 3 is 2.63 bits per heavy atom. The first-order chi connectivity index (χ1) is 8.99. The zero-order valence-corrected chi connectivity index (χ0v) is 9.74. The molecule has 1 unspecified atom stereocenters. The van der Waals surface area contributed by atoms with Crippen LogP contribution in [0.2, 0.25) is 0 Å². The Kier molecular flexibility index (Phi) is 5.14. The molecular weight excluding hydrogens is 256 g/mol. The van der Waals surface area contributed by atoms with Crippen LogP contribution in [0.15, 0.2) is 12.4 Å². The minimum atomic E-state index is -1.27. The Labute approximate surface area is 107 Å². The van der Waals surface area contributed by atoms with Gasteiger partial charge >= 0.3 is 12.0 Å². The van der Waals surface area contributed by atoms with E-state index < -0.39 is 23.9 Å². The van der Waals surface area contributed by atoms with Gasteiger partial charge in [-0.05, 0) is 6.42 Å². The molecule has 3 amide bonds. The number of nitrogens with two attached hydrogens (primary N) is 1. The minimum absolute atomic E-state index is 0.0703. The van der Waals surface area contributed by atoms with Gasteiger partial charge in [0, 0.05) is 6.42 Å². The van der Waals surface area contributed by atoms with Crippen molar-refractivity contribution in [3.05, 3.63) is 12.4 Å². The van der Waals surface area contributed by atoms with Crippen LogP contribution in [0, 0.1) is 0 Å². The quantitative estimate of drug-likeness (QED) is 0.499. The highest BCUT2D eigenvalue weighted by molar-refractivity contribution is 5.90. The van der Waals surface area contributed by atoms with Gasteiger partial charge in [0.1, 0.15) is 6.04 Å². The lowest BCUT2D eigenvalue weighted by molar-refractivity contribution is -0.139. The molecule has 10 heteroatoms. The van der Waals surface area contributed by atoms with Crippen molar-refractivity contribution in [2.75, 3.05) is 5.32 Å². The third kappa shape index (κ3) is 5.39. The molecular formula is C9H12N6O4. The number of amides is 3. The van der Waals surface area contributed by atoms with E-state index >= 15 is 0 Å². The van der Waals surface area contributed by atoms with E-state index in [-0.39, 0.29) is 18.8 Å². The number of urea groups is 1. The zero-order valence-electron chi connectivity index (χ0n) is 9.74. The van der Waals surface area contributed by atoms with E-state index in [4.69, 9.17) is 10.8 Å². The fourth-order valence-corrected chi connectivity index (χ4v) is 1.14. The maximum Gasteiger partial charge on any atom is 0.326 e. The molecule has 1 aromatic rings. The van der Waals surface area contributed by atoms with Crippen molar-refractivity contribution in [3.8, 4) is 0 Å². The fourth-order valence-electron chi connectivity index (χ4n) is 1.14. The predicted molar refractivity (Wildman–Crippen MR) is 61.8 cm³/mol. The maximum atomic E-state index is 11.5. The largest absolute Gasteiger partial charge is 0.480 e. The second-order valence-corrected chi connectivity index (χ2v) is 3.46. The first-order valence-electron chi connectivity index (χ1n) is 5.21. The van der Waals surface area contributed by atoms with Crippen LogP contribution in [0.4, 0.5) is 10.7 Å². The van der Waals surface area contributed by atoms with Gasteiger partial charge < -0.3 is 16.2 Å². The summed E-state index contributed by atoms with van der Waals surface area (Å²) >= 11 is 0. The van der Waals surface area contributed by atoms with E-state index in [0.717, 1.165) is 0 Å². The summed E-state index contributed by atoms with van der Waals surface area (Å²) in [7, 11) is 0. The Balaban J connectivity index is 2.52. The Hall–Kier alpha value is -2.78. The normalized spacial score (nSPS) is 11.4. The molecule has 0 aliphatic rings. The number of anilines is 1. The lowest BCUT2D eigenvalue weighted by atomic mass is 10.1. The molecule has 19 heavy (non-hydrogen) atoms. The molecule has 0 bridgehead atoms. The number of carboxylic acids is 1. The highest BCUT2D eigenvalue weighted by Gasteiger charge is 2.20. The van der Waals surface area contributed by atoms with Crippen molar-refractivity contribution in [3.63, 3.8) is 0 Å². The molecule has 1 rings (SSSR count). The standard InChI is InChI=1S/C9H12N6O4/c10-6(16)2-1-5(7(17)18)13-9(19)14-8-11-3-4-12-15-8/h3-5H,1-2H2,(H2,10,16)(H,17,18)(H2,11,13,14,15,19). The molecule has 0 saturated heterocycles. The molecule has 1 aromatic heterocycles. The van der Waals surface area contributed by atoms with Gasteiger partial charge in [-0.25, -0.2) is 14.6 Å². The number of primary amides is 1. The summed E-state index contributed by atoms with van der Waals surface area (Å²) in [5.74, 6) is -1.99. The Morgan fingerprint density at radius 1 is 1.37 bits per heavy atom. The van der Waals surface area contributed by atoms with E-state index in [1.807, 2.05) is 0 Å². The summed E-state index contributed by atoms with van der Waals surface area (Å²) in [6, 6.07) is -2.05. The summed E-state index contributed by atoms with van der Waals surface area (Å²) in [5.41, 5.74) is 4.91. The number of hydrogen-bond acceptors (Lipinski definition) is 6. The van der Waals surface area contributed by atoms with E-state index in [2.05, 4.69) is 25.8 Å². The van der Waals surface area contributed by atoms with Crippen LogP contribution in [0.25, 0.3) is 0 Å². The van der Waals surface area contributed by atoms with E-state index in [9.17, 15) is 14.4 Å². The Bertz CT molecular complexity index is 465. The number of aromatic nitrogens is 3. The van der Waals surface area contributed by atoms with Crippen LogP contribution in [0.3, 0.4) is 0 Å². The van der Waals surface area contributed by atoms with Gasteiger partial charge in [-0.15, -0.1) is 5.10 Å². The van der Waals surface area contributed by atoms with Crippen molar-refractivity contribution in [1.82, 2.24) is 20.5 Å². The number of carbonyl (C=O) groups is 3. The van der Waals surface area contributed by atoms with Crippen molar-refractivity contribution >= 4 is 23.9 Å². The number of carboxylic acid groups (broad SMARTS) is 1. The summed E-state index contributed by atoms with van der Waals surface area (Å²) in [5, 5.41) is 20.2. The molecule has 1 atom stereocenters. The molecule has 0 spiro atoms. The average Bonchev–Trinajstić information content (AvgIpc) is 2.35. The van der Waals surface area contributed by atoms with Crippen LogP contribution in [-0.2, 0) is 9.59 Å². The monoisotopic (exact) mass is 268 g/mol. The molecule has 0 aliphatic heterocycles. The smallest absolute Gasteiger partial charge is 0.326 e.